The average Bonchev–Trinajstić information content (AvgIpc) is 2.64. The van der Waals surface area contributed by atoms with Crippen LogP contribution in [0.5, 0.6) is 5.75 Å². The Bertz CT molecular complexity index is 784. The Morgan fingerprint density at radius 3 is 1.92 bits per heavy atom. The van der Waals surface area contributed by atoms with Gasteiger partial charge in [0.15, 0.2) is 0 Å². The molecule has 0 aliphatic carbocycles. The predicted molar refractivity (Wildman–Crippen MR) is 97.4 cm³/mol. The molecule has 0 bridgehead atoms. The fraction of sp³-hybridized carbons (Fsp3) is 0.0500. The first-order chi connectivity index (χ1) is 11.8. The van der Waals surface area contributed by atoms with Gasteiger partial charge < -0.3 is 15.0 Å². The highest BCUT2D eigenvalue weighted by atomic mass is 16.5. The Labute approximate surface area is 141 Å². The van der Waals surface area contributed by atoms with Crippen LogP contribution in [0, 0.1) is 0 Å². The summed E-state index contributed by atoms with van der Waals surface area (Å²) in [7, 11) is 2.00. The molecular formula is C20H18N2O2. The van der Waals surface area contributed by atoms with Crippen LogP contribution in [0.25, 0.3) is 0 Å². The number of rotatable bonds is 6. The Morgan fingerprint density at radius 2 is 1.33 bits per heavy atom. The van der Waals surface area contributed by atoms with Gasteiger partial charge in [0.05, 0.1) is 0 Å². The molecule has 0 aliphatic rings. The van der Waals surface area contributed by atoms with Crippen LogP contribution >= 0.6 is 0 Å². The highest BCUT2D eigenvalue weighted by Crippen LogP contribution is 2.27. The van der Waals surface area contributed by atoms with Crippen LogP contribution in [0.15, 0.2) is 78.9 Å². The first-order valence-electron chi connectivity index (χ1n) is 7.62. The molecule has 0 aliphatic heterocycles. The zero-order valence-electron chi connectivity index (χ0n) is 13.3. The third kappa shape index (κ3) is 3.73. The number of nitrogens with one attached hydrogen (secondary N) is 1. The molecule has 0 radical (unpaired) electrons. The van der Waals surface area contributed by atoms with E-state index in [0.717, 1.165) is 22.7 Å². The molecule has 0 fully saturated rings. The van der Waals surface area contributed by atoms with Gasteiger partial charge in [-0.05, 0) is 60.7 Å². The van der Waals surface area contributed by atoms with Crippen molar-refractivity contribution in [1.29, 1.82) is 0 Å². The lowest BCUT2D eigenvalue weighted by Gasteiger charge is -2.20. The Hall–Kier alpha value is -3.27. The topological polar surface area (TPSA) is 41.6 Å². The molecular weight excluding hydrogens is 300 g/mol. The molecule has 3 rings (SSSR count). The normalized spacial score (nSPS) is 10.0. The number of hydrogen-bond acceptors (Lipinski definition) is 4. The van der Waals surface area contributed by atoms with E-state index in [1.165, 1.54) is 0 Å². The quantitative estimate of drug-likeness (QED) is 0.667. The largest absolute Gasteiger partial charge is 0.429 e. The fourth-order valence-electron chi connectivity index (χ4n) is 2.41. The minimum atomic E-state index is 0.428. The summed E-state index contributed by atoms with van der Waals surface area (Å²) in [5, 5.41) is 3.36. The second-order valence-electron chi connectivity index (χ2n) is 5.30. The summed E-state index contributed by atoms with van der Waals surface area (Å²) in [5.41, 5.74) is 4.17. The number of carbonyl (C=O) groups is 1. The summed E-state index contributed by atoms with van der Waals surface area (Å²) in [4.78, 5) is 12.4. The van der Waals surface area contributed by atoms with Crippen LogP contribution in [-0.2, 0) is 4.79 Å². The van der Waals surface area contributed by atoms with Crippen molar-refractivity contribution in [2.45, 2.75) is 0 Å². The number of hydrogen-bond donors (Lipinski definition) is 1. The van der Waals surface area contributed by atoms with Crippen LogP contribution in [0.4, 0.5) is 22.7 Å². The number of carbonyl (C=O) groups excluding carboxylic acids is 1. The van der Waals surface area contributed by atoms with Gasteiger partial charge in [0.2, 0.25) is 0 Å². The van der Waals surface area contributed by atoms with Gasteiger partial charge in [-0.1, -0.05) is 18.2 Å². The Balaban J connectivity index is 1.71. The minimum absolute atomic E-state index is 0.428. The number of anilines is 4. The van der Waals surface area contributed by atoms with Gasteiger partial charge in [-0.3, -0.25) is 4.79 Å². The third-order valence-electron chi connectivity index (χ3n) is 3.73. The third-order valence-corrected chi connectivity index (χ3v) is 3.73. The molecule has 0 saturated carbocycles. The van der Waals surface area contributed by atoms with Gasteiger partial charge in [0, 0.05) is 29.8 Å². The summed E-state index contributed by atoms with van der Waals surface area (Å²) in [6.45, 7) is 0.428. The number of ether oxygens (including phenoxy) is 1. The highest BCUT2D eigenvalue weighted by molar-refractivity contribution is 5.67. The smallest absolute Gasteiger partial charge is 0.298 e. The highest BCUT2D eigenvalue weighted by Gasteiger charge is 2.04. The second kappa shape index (κ2) is 7.33. The summed E-state index contributed by atoms with van der Waals surface area (Å²) in [6, 6.07) is 25.6. The van der Waals surface area contributed by atoms with Crippen molar-refractivity contribution in [2.75, 3.05) is 17.3 Å². The van der Waals surface area contributed by atoms with Gasteiger partial charge in [0.1, 0.15) is 5.75 Å². The standard InChI is InChI=1S/C20H18N2O2/c1-22(19-11-13-20(14-12-19)24-15-23)18-9-7-17(8-10-18)21-16-5-3-2-4-6-16/h2-15,21H,1H3. The summed E-state index contributed by atoms with van der Waals surface area (Å²) in [6.07, 6.45) is 0. The van der Waals surface area contributed by atoms with E-state index < -0.39 is 0 Å². The van der Waals surface area contributed by atoms with Crippen molar-refractivity contribution in [3.05, 3.63) is 78.9 Å². The molecule has 0 spiro atoms. The van der Waals surface area contributed by atoms with E-state index in [-0.39, 0.29) is 0 Å². The van der Waals surface area contributed by atoms with Crippen LogP contribution in [0.2, 0.25) is 0 Å². The SMILES string of the molecule is CN(c1ccc(Nc2ccccc2)cc1)c1ccc(OC=O)cc1. The summed E-state index contributed by atoms with van der Waals surface area (Å²) >= 11 is 0. The average molecular weight is 318 g/mol. The first-order valence-corrected chi connectivity index (χ1v) is 7.62. The van der Waals surface area contributed by atoms with Gasteiger partial charge in [0.25, 0.3) is 6.47 Å². The predicted octanol–water partition coefficient (Wildman–Crippen LogP) is 4.73. The molecule has 120 valence electrons. The summed E-state index contributed by atoms with van der Waals surface area (Å²) in [5.74, 6) is 0.532. The molecule has 3 aromatic carbocycles. The van der Waals surface area contributed by atoms with Gasteiger partial charge >= 0.3 is 0 Å². The minimum Gasteiger partial charge on any atom is -0.429 e. The van der Waals surface area contributed by atoms with Crippen molar-refractivity contribution in [1.82, 2.24) is 0 Å². The van der Waals surface area contributed by atoms with Gasteiger partial charge in [-0.2, -0.15) is 0 Å². The first kappa shape index (κ1) is 15.6. The van der Waals surface area contributed by atoms with Crippen molar-refractivity contribution >= 4 is 29.2 Å². The molecule has 1 N–H and O–H groups in total. The fourth-order valence-corrected chi connectivity index (χ4v) is 2.41. The van der Waals surface area contributed by atoms with E-state index >= 15 is 0 Å². The lowest BCUT2D eigenvalue weighted by Crippen LogP contribution is -2.09. The van der Waals surface area contributed by atoms with Crippen LogP contribution in [-0.4, -0.2) is 13.5 Å². The molecule has 4 heteroatoms. The maximum absolute atomic E-state index is 10.3. The lowest BCUT2D eigenvalue weighted by molar-refractivity contribution is -0.120. The zero-order valence-corrected chi connectivity index (χ0v) is 13.3. The maximum Gasteiger partial charge on any atom is 0.298 e. The van der Waals surface area contributed by atoms with Crippen molar-refractivity contribution in [3.8, 4) is 5.75 Å². The molecule has 0 aromatic heterocycles. The van der Waals surface area contributed by atoms with E-state index in [9.17, 15) is 4.79 Å². The molecule has 0 atom stereocenters. The van der Waals surface area contributed by atoms with Gasteiger partial charge in [-0.25, -0.2) is 0 Å². The van der Waals surface area contributed by atoms with Crippen LogP contribution < -0.4 is 15.0 Å². The van der Waals surface area contributed by atoms with E-state index in [1.807, 2.05) is 61.6 Å². The molecule has 0 unspecified atom stereocenters. The Morgan fingerprint density at radius 1 is 0.792 bits per heavy atom. The van der Waals surface area contributed by atoms with Crippen molar-refractivity contribution < 1.29 is 9.53 Å². The Kier molecular flexibility index (Phi) is 4.77. The molecule has 24 heavy (non-hydrogen) atoms. The van der Waals surface area contributed by atoms with Crippen LogP contribution in [0.3, 0.4) is 0 Å². The van der Waals surface area contributed by atoms with Crippen LogP contribution in [0.1, 0.15) is 0 Å². The zero-order chi connectivity index (χ0) is 16.8. The van der Waals surface area contributed by atoms with Gasteiger partial charge in [-0.15, -0.1) is 0 Å². The van der Waals surface area contributed by atoms with Crippen molar-refractivity contribution in [3.63, 3.8) is 0 Å². The lowest BCUT2D eigenvalue weighted by atomic mass is 10.2. The van der Waals surface area contributed by atoms with E-state index in [4.69, 9.17) is 4.74 Å². The molecule has 4 nitrogen and oxygen atoms in total. The molecule has 0 heterocycles. The number of benzene rings is 3. The monoisotopic (exact) mass is 318 g/mol. The molecule has 3 aromatic rings. The van der Waals surface area contributed by atoms with E-state index in [0.29, 0.717) is 12.2 Å². The summed E-state index contributed by atoms with van der Waals surface area (Å²) < 4.78 is 4.81. The molecule has 0 saturated heterocycles. The number of nitrogens with zero attached hydrogens (tertiary/aromatic N) is 1. The van der Waals surface area contributed by atoms with Crippen molar-refractivity contribution in [2.24, 2.45) is 0 Å². The second-order valence-corrected chi connectivity index (χ2v) is 5.30. The maximum atomic E-state index is 10.3. The van der Waals surface area contributed by atoms with E-state index in [1.54, 1.807) is 12.1 Å². The van der Waals surface area contributed by atoms with E-state index in [2.05, 4.69) is 22.3 Å². The molecule has 0 amide bonds. The number of para-hydroxylation sites is 1.